The average Bonchev–Trinajstić information content (AvgIpc) is 2.86. The molecule has 0 aliphatic heterocycles. The predicted octanol–water partition coefficient (Wildman–Crippen LogP) is 4.58. The molecular formula is C18H26N2S. The first-order chi connectivity index (χ1) is 10.2. The number of nitrogens with one attached hydrogen (secondary N) is 1. The zero-order valence-electron chi connectivity index (χ0n) is 13.4. The summed E-state index contributed by atoms with van der Waals surface area (Å²) in [6, 6.07) is 13.0. The molecule has 21 heavy (non-hydrogen) atoms. The molecule has 1 aromatic carbocycles. The number of hydrogen-bond acceptors (Lipinski definition) is 3. The van der Waals surface area contributed by atoms with E-state index in [0.717, 1.165) is 26.2 Å². The topological polar surface area (TPSA) is 15.3 Å². The highest BCUT2D eigenvalue weighted by atomic mass is 32.1. The molecule has 0 bridgehead atoms. The third kappa shape index (κ3) is 4.58. The van der Waals surface area contributed by atoms with Crippen molar-refractivity contribution in [2.24, 2.45) is 0 Å². The van der Waals surface area contributed by atoms with Crippen LogP contribution in [0.1, 0.15) is 35.6 Å². The molecule has 0 amide bonds. The van der Waals surface area contributed by atoms with E-state index in [9.17, 15) is 0 Å². The Morgan fingerprint density at radius 1 is 1.14 bits per heavy atom. The number of rotatable bonds is 8. The number of thiophene rings is 1. The molecule has 2 aromatic rings. The minimum atomic E-state index is 0.997. The van der Waals surface area contributed by atoms with Gasteiger partial charge in [0.05, 0.1) is 0 Å². The van der Waals surface area contributed by atoms with Crippen LogP contribution in [0.5, 0.6) is 0 Å². The Morgan fingerprint density at radius 3 is 2.57 bits per heavy atom. The van der Waals surface area contributed by atoms with Crippen molar-refractivity contribution >= 4 is 17.0 Å². The van der Waals surface area contributed by atoms with Crippen LogP contribution in [0.2, 0.25) is 0 Å². The summed E-state index contributed by atoms with van der Waals surface area (Å²) >= 11 is 1.92. The smallest absolute Gasteiger partial charge is 0.0440 e. The lowest BCUT2D eigenvalue weighted by atomic mass is 10.2. The Morgan fingerprint density at radius 2 is 1.90 bits per heavy atom. The van der Waals surface area contributed by atoms with Gasteiger partial charge in [-0.15, -0.1) is 11.3 Å². The van der Waals surface area contributed by atoms with Gasteiger partial charge in [0.1, 0.15) is 0 Å². The quantitative estimate of drug-likeness (QED) is 0.718. The Labute approximate surface area is 132 Å². The molecule has 3 heteroatoms. The van der Waals surface area contributed by atoms with Crippen molar-refractivity contribution in [1.82, 2.24) is 5.32 Å². The molecule has 0 radical (unpaired) electrons. The number of nitrogens with zero attached hydrogens (tertiary/aromatic N) is 1. The lowest BCUT2D eigenvalue weighted by molar-refractivity contribution is 0.681. The van der Waals surface area contributed by atoms with Crippen LogP contribution in [0.4, 0.5) is 5.69 Å². The molecule has 2 nitrogen and oxygen atoms in total. The van der Waals surface area contributed by atoms with E-state index >= 15 is 0 Å². The third-order valence-corrected chi connectivity index (χ3v) is 4.75. The number of hydrogen-bond donors (Lipinski definition) is 1. The lowest BCUT2D eigenvalue weighted by Crippen LogP contribution is -2.21. The molecule has 0 aliphatic carbocycles. The summed E-state index contributed by atoms with van der Waals surface area (Å²) in [6.07, 6.45) is 1.19. The first kappa shape index (κ1) is 16.1. The fourth-order valence-electron chi connectivity index (χ4n) is 2.45. The third-order valence-electron chi connectivity index (χ3n) is 3.66. The van der Waals surface area contributed by atoms with E-state index in [2.05, 4.69) is 67.4 Å². The molecule has 0 aliphatic rings. The average molecular weight is 302 g/mol. The molecule has 2 rings (SSSR count). The second-order valence-electron chi connectivity index (χ2n) is 5.32. The zero-order chi connectivity index (χ0) is 15.1. The molecule has 0 fully saturated rings. The standard InChI is InChI=1S/C18H26N2S/c1-4-11-19-13-18-12-16(15(3)21-18)14-20(5-2)17-9-7-6-8-10-17/h6-10,12,19H,4-5,11,13-14H2,1-3H3. The number of benzene rings is 1. The summed E-state index contributed by atoms with van der Waals surface area (Å²) in [5.74, 6) is 0. The van der Waals surface area contributed by atoms with Crippen molar-refractivity contribution in [2.75, 3.05) is 18.0 Å². The van der Waals surface area contributed by atoms with Gasteiger partial charge in [-0.3, -0.25) is 0 Å². The van der Waals surface area contributed by atoms with Gasteiger partial charge < -0.3 is 10.2 Å². The van der Waals surface area contributed by atoms with E-state index in [0.29, 0.717) is 0 Å². The van der Waals surface area contributed by atoms with Gasteiger partial charge in [0, 0.05) is 35.1 Å². The molecule has 114 valence electrons. The monoisotopic (exact) mass is 302 g/mol. The van der Waals surface area contributed by atoms with Crippen molar-refractivity contribution in [1.29, 1.82) is 0 Å². The zero-order valence-corrected chi connectivity index (χ0v) is 14.2. The summed E-state index contributed by atoms with van der Waals surface area (Å²) in [5.41, 5.74) is 2.76. The molecule has 1 heterocycles. The van der Waals surface area contributed by atoms with Gasteiger partial charge in [0.25, 0.3) is 0 Å². The molecule has 0 saturated heterocycles. The predicted molar refractivity (Wildman–Crippen MR) is 94.2 cm³/mol. The molecule has 0 unspecified atom stereocenters. The van der Waals surface area contributed by atoms with Crippen molar-refractivity contribution in [2.45, 2.75) is 40.3 Å². The molecular weight excluding hydrogens is 276 g/mol. The molecule has 0 spiro atoms. The van der Waals surface area contributed by atoms with Gasteiger partial charge in [-0.25, -0.2) is 0 Å². The minimum Gasteiger partial charge on any atom is -0.367 e. The number of anilines is 1. The highest BCUT2D eigenvalue weighted by molar-refractivity contribution is 7.12. The normalized spacial score (nSPS) is 10.8. The fourth-order valence-corrected chi connectivity index (χ4v) is 3.47. The van der Waals surface area contributed by atoms with Gasteiger partial charge >= 0.3 is 0 Å². The summed E-state index contributed by atoms with van der Waals surface area (Å²) in [7, 11) is 0. The van der Waals surface area contributed by atoms with Gasteiger partial charge in [-0.2, -0.15) is 0 Å². The van der Waals surface area contributed by atoms with Crippen molar-refractivity contribution < 1.29 is 0 Å². The summed E-state index contributed by atoms with van der Waals surface area (Å²) < 4.78 is 0. The van der Waals surface area contributed by atoms with Gasteiger partial charge in [-0.05, 0) is 50.6 Å². The van der Waals surface area contributed by atoms with Gasteiger partial charge in [-0.1, -0.05) is 25.1 Å². The van der Waals surface area contributed by atoms with Crippen LogP contribution in [-0.2, 0) is 13.1 Å². The van der Waals surface area contributed by atoms with Crippen LogP contribution in [0.3, 0.4) is 0 Å². The van der Waals surface area contributed by atoms with Gasteiger partial charge in [0.2, 0.25) is 0 Å². The second-order valence-corrected chi connectivity index (χ2v) is 6.66. The van der Waals surface area contributed by atoms with Crippen LogP contribution >= 0.6 is 11.3 Å². The highest BCUT2D eigenvalue weighted by Gasteiger charge is 2.10. The first-order valence-electron chi connectivity index (χ1n) is 7.83. The first-order valence-corrected chi connectivity index (χ1v) is 8.65. The SMILES string of the molecule is CCCNCc1cc(CN(CC)c2ccccc2)c(C)s1. The maximum atomic E-state index is 3.49. The number of aryl methyl sites for hydroxylation is 1. The number of para-hydroxylation sites is 1. The Balaban J connectivity index is 2.04. The molecule has 1 aromatic heterocycles. The Kier molecular flexibility index (Phi) is 6.27. The van der Waals surface area contributed by atoms with E-state index in [4.69, 9.17) is 0 Å². The van der Waals surface area contributed by atoms with E-state index < -0.39 is 0 Å². The lowest BCUT2D eigenvalue weighted by Gasteiger charge is -2.23. The highest BCUT2D eigenvalue weighted by Crippen LogP contribution is 2.25. The largest absolute Gasteiger partial charge is 0.367 e. The van der Waals surface area contributed by atoms with Crippen molar-refractivity contribution in [3.05, 3.63) is 51.7 Å². The van der Waals surface area contributed by atoms with Crippen molar-refractivity contribution in [3.63, 3.8) is 0 Å². The van der Waals surface area contributed by atoms with Crippen LogP contribution in [-0.4, -0.2) is 13.1 Å². The van der Waals surface area contributed by atoms with E-state index in [1.54, 1.807) is 0 Å². The second kappa shape index (κ2) is 8.20. The van der Waals surface area contributed by atoms with Crippen LogP contribution in [0.25, 0.3) is 0 Å². The van der Waals surface area contributed by atoms with E-state index in [-0.39, 0.29) is 0 Å². The van der Waals surface area contributed by atoms with Crippen LogP contribution in [0.15, 0.2) is 36.4 Å². The van der Waals surface area contributed by atoms with Gasteiger partial charge in [0.15, 0.2) is 0 Å². The fraction of sp³-hybridized carbons (Fsp3) is 0.444. The summed E-state index contributed by atoms with van der Waals surface area (Å²) in [4.78, 5) is 5.32. The maximum Gasteiger partial charge on any atom is 0.0440 e. The van der Waals surface area contributed by atoms with Crippen LogP contribution < -0.4 is 10.2 Å². The maximum absolute atomic E-state index is 3.49. The minimum absolute atomic E-state index is 0.997. The molecule has 0 saturated carbocycles. The van der Waals surface area contributed by atoms with Crippen LogP contribution in [0, 0.1) is 6.92 Å². The molecule has 0 atom stereocenters. The summed E-state index contributed by atoms with van der Waals surface area (Å²) in [5, 5.41) is 3.49. The Bertz CT molecular complexity index is 533. The van der Waals surface area contributed by atoms with E-state index in [1.807, 2.05) is 11.3 Å². The molecule has 1 N–H and O–H groups in total. The summed E-state index contributed by atoms with van der Waals surface area (Å²) in [6.45, 7) is 10.8. The van der Waals surface area contributed by atoms with E-state index in [1.165, 1.54) is 27.4 Å². The van der Waals surface area contributed by atoms with Crippen molar-refractivity contribution in [3.8, 4) is 0 Å². The Hall–Kier alpha value is -1.32.